The van der Waals surface area contributed by atoms with E-state index < -0.39 is 0 Å². The largest absolute Gasteiger partial charge is 0.491 e. The van der Waals surface area contributed by atoms with Crippen molar-refractivity contribution in [3.8, 4) is 5.75 Å². The molecule has 0 spiro atoms. The lowest BCUT2D eigenvalue weighted by atomic mass is 10.2. The Labute approximate surface area is 78.9 Å². The third-order valence-electron chi connectivity index (χ3n) is 1.61. The van der Waals surface area contributed by atoms with Gasteiger partial charge in [-0.3, -0.25) is 5.84 Å². The summed E-state index contributed by atoms with van der Waals surface area (Å²) >= 11 is 0. The van der Waals surface area contributed by atoms with Crippen LogP contribution in [0.4, 0.5) is 5.69 Å². The minimum atomic E-state index is 0.519. The molecule has 0 atom stereocenters. The van der Waals surface area contributed by atoms with Crippen molar-refractivity contribution in [3.63, 3.8) is 0 Å². The van der Waals surface area contributed by atoms with E-state index in [1.807, 2.05) is 24.3 Å². The number of anilines is 1. The topological polar surface area (TPSA) is 47.3 Å². The third-order valence-corrected chi connectivity index (χ3v) is 1.61. The van der Waals surface area contributed by atoms with E-state index in [1.165, 1.54) is 0 Å². The summed E-state index contributed by atoms with van der Waals surface area (Å²) < 4.78 is 5.55. The predicted octanol–water partition coefficient (Wildman–Crippen LogP) is 2.01. The number of ether oxygens (including phenoxy) is 1. The molecule has 1 aromatic carbocycles. The molecule has 3 heteroatoms. The second-order valence-electron chi connectivity index (χ2n) is 3.35. The van der Waals surface area contributed by atoms with Gasteiger partial charge in [0, 0.05) is 0 Å². The number of benzene rings is 1. The molecule has 0 amide bonds. The van der Waals surface area contributed by atoms with Crippen molar-refractivity contribution in [2.75, 3.05) is 12.0 Å². The Kier molecular flexibility index (Phi) is 3.58. The first-order chi connectivity index (χ1) is 6.24. The van der Waals surface area contributed by atoms with Gasteiger partial charge in [-0.15, -0.1) is 0 Å². The van der Waals surface area contributed by atoms with E-state index in [9.17, 15) is 0 Å². The molecule has 0 aliphatic heterocycles. The van der Waals surface area contributed by atoms with Crippen molar-refractivity contribution in [2.45, 2.75) is 13.8 Å². The van der Waals surface area contributed by atoms with Crippen LogP contribution in [-0.2, 0) is 0 Å². The predicted molar refractivity (Wildman–Crippen MR) is 54.6 cm³/mol. The summed E-state index contributed by atoms with van der Waals surface area (Å²) in [6.07, 6.45) is 0. The maximum atomic E-state index is 5.55. The molecule has 0 fully saturated rings. The van der Waals surface area contributed by atoms with E-state index in [2.05, 4.69) is 19.3 Å². The van der Waals surface area contributed by atoms with Gasteiger partial charge in [0.05, 0.1) is 12.3 Å². The molecular formula is C10H16N2O. The molecule has 0 heterocycles. The van der Waals surface area contributed by atoms with Gasteiger partial charge in [-0.05, 0) is 18.1 Å². The fourth-order valence-electron chi connectivity index (χ4n) is 0.968. The quantitative estimate of drug-likeness (QED) is 0.550. The molecule has 0 aromatic heterocycles. The standard InChI is InChI=1S/C10H16N2O/c1-8(2)7-13-10-6-4-3-5-9(10)12-11/h3-6,8,12H,7,11H2,1-2H3. The van der Waals surface area contributed by atoms with Crippen molar-refractivity contribution >= 4 is 5.69 Å². The molecular weight excluding hydrogens is 164 g/mol. The minimum absolute atomic E-state index is 0.519. The average molecular weight is 180 g/mol. The zero-order valence-corrected chi connectivity index (χ0v) is 8.08. The van der Waals surface area contributed by atoms with Crippen LogP contribution in [-0.4, -0.2) is 6.61 Å². The normalized spacial score (nSPS) is 10.2. The van der Waals surface area contributed by atoms with E-state index in [1.54, 1.807) is 0 Å². The zero-order valence-electron chi connectivity index (χ0n) is 8.08. The Morgan fingerprint density at radius 3 is 2.69 bits per heavy atom. The fourth-order valence-corrected chi connectivity index (χ4v) is 0.968. The number of hydrazine groups is 1. The number of rotatable bonds is 4. The fraction of sp³-hybridized carbons (Fsp3) is 0.400. The SMILES string of the molecule is CC(C)COc1ccccc1NN. The van der Waals surface area contributed by atoms with Crippen LogP contribution in [0.3, 0.4) is 0 Å². The monoisotopic (exact) mass is 180 g/mol. The molecule has 0 aliphatic carbocycles. The molecule has 0 saturated heterocycles. The molecule has 13 heavy (non-hydrogen) atoms. The third kappa shape index (κ3) is 2.95. The van der Waals surface area contributed by atoms with Crippen LogP contribution < -0.4 is 16.0 Å². The Morgan fingerprint density at radius 1 is 1.38 bits per heavy atom. The van der Waals surface area contributed by atoms with E-state index >= 15 is 0 Å². The highest BCUT2D eigenvalue weighted by atomic mass is 16.5. The second kappa shape index (κ2) is 4.72. The van der Waals surface area contributed by atoms with Crippen LogP contribution >= 0.6 is 0 Å². The van der Waals surface area contributed by atoms with Crippen LogP contribution in [0.25, 0.3) is 0 Å². The number of hydrogen-bond acceptors (Lipinski definition) is 3. The number of para-hydroxylation sites is 2. The highest BCUT2D eigenvalue weighted by Crippen LogP contribution is 2.22. The smallest absolute Gasteiger partial charge is 0.143 e. The molecule has 1 rings (SSSR count). The zero-order chi connectivity index (χ0) is 9.68. The van der Waals surface area contributed by atoms with Gasteiger partial charge in [-0.25, -0.2) is 0 Å². The van der Waals surface area contributed by atoms with Crippen LogP contribution in [0.5, 0.6) is 5.75 Å². The van der Waals surface area contributed by atoms with E-state index in [4.69, 9.17) is 10.6 Å². The lowest BCUT2D eigenvalue weighted by molar-refractivity contribution is 0.272. The minimum Gasteiger partial charge on any atom is -0.491 e. The molecule has 72 valence electrons. The maximum Gasteiger partial charge on any atom is 0.143 e. The summed E-state index contributed by atoms with van der Waals surface area (Å²) in [4.78, 5) is 0. The molecule has 1 aromatic rings. The molecule has 3 N–H and O–H groups in total. The van der Waals surface area contributed by atoms with Gasteiger partial charge in [0.15, 0.2) is 0 Å². The second-order valence-corrected chi connectivity index (χ2v) is 3.35. The number of nitrogens with two attached hydrogens (primary N) is 1. The van der Waals surface area contributed by atoms with Crippen LogP contribution in [0.1, 0.15) is 13.8 Å². The number of hydrogen-bond donors (Lipinski definition) is 2. The summed E-state index contributed by atoms with van der Waals surface area (Å²) in [7, 11) is 0. The van der Waals surface area contributed by atoms with Crippen molar-refractivity contribution in [1.82, 2.24) is 0 Å². The summed E-state index contributed by atoms with van der Waals surface area (Å²) in [5.41, 5.74) is 3.42. The summed E-state index contributed by atoms with van der Waals surface area (Å²) in [5.74, 6) is 6.65. The van der Waals surface area contributed by atoms with Crippen LogP contribution in [0.15, 0.2) is 24.3 Å². The van der Waals surface area contributed by atoms with Gasteiger partial charge in [0.2, 0.25) is 0 Å². The van der Waals surface area contributed by atoms with Gasteiger partial charge in [0.25, 0.3) is 0 Å². The van der Waals surface area contributed by atoms with Crippen molar-refractivity contribution in [1.29, 1.82) is 0 Å². The molecule has 3 nitrogen and oxygen atoms in total. The maximum absolute atomic E-state index is 5.55. The number of nitrogens with one attached hydrogen (secondary N) is 1. The first-order valence-corrected chi connectivity index (χ1v) is 4.42. The Hall–Kier alpha value is -1.22. The highest BCUT2D eigenvalue weighted by molar-refractivity contribution is 5.55. The molecule has 0 bridgehead atoms. The summed E-state index contributed by atoms with van der Waals surface area (Å²) in [6, 6.07) is 7.63. The summed E-state index contributed by atoms with van der Waals surface area (Å²) in [5, 5.41) is 0. The van der Waals surface area contributed by atoms with Crippen molar-refractivity contribution in [2.24, 2.45) is 11.8 Å². The van der Waals surface area contributed by atoms with Crippen molar-refractivity contribution in [3.05, 3.63) is 24.3 Å². The number of nitrogen functional groups attached to an aromatic ring is 1. The lowest BCUT2D eigenvalue weighted by Crippen LogP contribution is -2.10. The van der Waals surface area contributed by atoms with Crippen molar-refractivity contribution < 1.29 is 4.74 Å². The van der Waals surface area contributed by atoms with E-state index in [-0.39, 0.29) is 0 Å². The first kappa shape index (κ1) is 9.86. The van der Waals surface area contributed by atoms with Gasteiger partial charge in [0.1, 0.15) is 5.75 Å². The highest BCUT2D eigenvalue weighted by Gasteiger charge is 2.01. The Bertz CT molecular complexity index is 261. The molecule has 0 unspecified atom stereocenters. The average Bonchev–Trinajstić information content (AvgIpc) is 2.15. The Morgan fingerprint density at radius 2 is 2.08 bits per heavy atom. The van der Waals surface area contributed by atoms with Crippen LogP contribution in [0, 0.1) is 5.92 Å². The molecule has 0 saturated carbocycles. The first-order valence-electron chi connectivity index (χ1n) is 4.42. The van der Waals surface area contributed by atoms with Gasteiger partial charge >= 0.3 is 0 Å². The van der Waals surface area contributed by atoms with Crippen LogP contribution in [0.2, 0.25) is 0 Å². The summed E-state index contributed by atoms with van der Waals surface area (Å²) in [6.45, 7) is 4.93. The van der Waals surface area contributed by atoms with E-state index in [0.29, 0.717) is 12.5 Å². The molecule has 0 aliphatic rings. The van der Waals surface area contributed by atoms with Gasteiger partial charge in [-0.1, -0.05) is 26.0 Å². The Balaban J connectivity index is 2.64. The van der Waals surface area contributed by atoms with E-state index in [0.717, 1.165) is 11.4 Å². The lowest BCUT2D eigenvalue weighted by Gasteiger charge is -2.11. The molecule has 0 radical (unpaired) electrons. The van der Waals surface area contributed by atoms with Gasteiger partial charge in [-0.2, -0.15) is 0 Å². The van der Waals surface area contributed by atoms with Gasteiger partial charge < -0.3 is 10.2 Å².